The van der Waals surface area contributed by atoms with Crippen molar-refractivity contribution in [2.24, 2.45) is 0 Å². The molecule has 0 fully saturated rings. The van der Waals surface area contributed by atoms with Crippen LogP contribution in [0.2, 0.25) is 0 Å². The lowest BCUT2D eigenvalue weighted by Gasteiger charge is -1.98. The van der Waals surface area contributed by atoms with Crippen LogP contribution in [0.25, 0.3) is 0 Å². The van der Waals surface area contributed by atoms with Crippen LogP contribution in [0.3, 0.4) is 0 Å². The highest BCUT2D eigenvalue weighted by Gasteiger charge is 1.92. The van der Waals surface area contributed by atoms with Crippen molar-refractivity contribution in [2.45, 2.75) is 0 Å². The maximum atomic E-state index is 11.7. The Kier molecular flexibility index (Phi) is 2.04. The molecule has 0 aliphatic rings. The minimum Gasteiger partial charge on any atom is -0.495 e. The zero-order valence-corrected chi connectivity index (χ0v) is 5.47. The smallest absolute Gasteiger partial charge is 0.139 e. The maximum absolute atomic E-state index is 11.7. The van der Waals surface area contributed by atoms with E-state index in [9.17, 15) is 4.48 Å². The topological polar surface area (TPSA) is 34.1 Å². The molecule has 1 aromatic heterocycles. The van der Waals surface area contributed by atoms with E-state index in [1.165, 1.54) is 31.1 Å². The first-order valence-electron chi connectivity index (χ1n) is 2.72. The molecule has 0 atom stereocenters. The molecule has 1 heterocycles. The summed E-state index contributed by atoms with van der Waals surface area (Å²) in [4.78, 5) is 3.70. The predicted octanol–water partition coefficient (Wildman–Crippen LogP) is 1.39. The fourth-order valence-corrected chi connectivity index (χ4v) is 0.582. The molecule has 4 heteroatoms. The van der Waals surface area contributed by atoms with E-state index in [4.69, 9.17) is 4.74 Å². The highest BCUT2D eigenvalue weighted by molar-refractivity contribution is 5.42. The number of pyridine rings is 1. The van der Waals surface area contributed by atoms with Crippen molar-refractivity contribution >= 4 is 5.69 Å². The minimum absolute atomic E-state index is 0.291. The number of aromatic nitrogens is 1. The van der Waals surface area contributed by atoms with Crippen LogP contribution in [0.1, 0.15) is 0 Å². The molecule has 54 valence electrons. The van der Waals surface area contributed by atoms with Gasteiger partial charge in [0.2, 0.25) is 0 Å². The third-order valence-corrected chi connectivity index (χ3v) is 1.06. The monoisotopic (exact) mass is 142 g/mol. The second-order valence-electron chi connectivity index (χ2n) is 1.71. The van der Waals surface area contributed by atoms with E-state index in [1.54, 1.807) is 0 Å². The van der Waals surface area contributed by atoms with Gasteiger partial charge in [-0.05, 0) is 0 Å². The molecule has 1 aromatic rings. The van der Waals surface area contributed by atoms with Gasteiger partial charge in [-0.15, -0.1) is 4.48 Å². The van der Waals surface area contributed by atoms with Crippen LogP contribution in [0.15, 0.2) is 18.5 Å². The molecule has 1 rings (SSSR count). The van der Waals surface area contributed by atoms with Crippen LogP contribution < -0.4 is 10.3 Å². The second-order valence-corrected chi connectivity index (χ2v) is 1.71. The van der Waals surface area contributed by atoms with Crippen molar-refractivity contribution < 1.29 is 9.22 Å². The van der Waals surface area contributed by atoms with Gasteiger partial charge in [-0.3, -0.25) is 4.98 Å². The SMILES string of the molecule is COc1cncc(NF)c1. The Labute approximate surface area is 57.8 Å². The molecule has 0 bridgehead atoms. The molecule has 3 nitrogen and oxygen atoms in total. The van der Waals surface area contributed by atoms with Gasteiger partial charge < -0.3 is 4.74 Å². The third-order valence-electron chi connectivity index (χ3n) is 1.06. The van der Waals surface area contributed by atoms with E-state index < -0.39 is 0 Å². The average molecular weight is 142 g/mol. The van der Waals surface area contributed by atoms with E-state index in [0.717, 1.165) is 0 Å². The van der Waals surface area contributed by atoms with Crippen molar-refractivity contribution in [3.8, 4) is 5.75 Å². The van der Waals surface area contributed by atoms with Crippen molar-refractivity contribution in [1.29, 1.82) is 0 Å². The lowest BCUT2D eigenvalue weighted by molar-refractivity contribution is 0.412. The zero-order valence-electron chi connectivity index (χ0n) is 5.47. The molecular weight excluding hydrogens is 135 g/mol. The normalized spacial score (nSPS) is 9.00. The van der Waals surface area contributed by atoms with Crippen LogP contribution in [0.5, 0.6) is 5.75 Å². The van der Waals surface area contributed by atoms with Gasteiger partial charge in [0.1, 0.15) is 5.75 Å². The Morgan fingerprint density at radius 3 is 3.00 bits per heavy atom. The maximum Gasteiger partial charge on any atom is 0.139 e. The van der Waals surface area contributed by atoms with Crippen LogP contribution in [-0.4, -0.2) is 12.1 Å². The largest absolute Gasteiger partial charge is 0.495 e. The summed E-state index contributed by atoms with van der Waals surface area (Å²) < 4.78 is 16.5. The molecule has 0 spiro atoms. The highest BCUT2D eigenvalue weighted by atomic mass is 19.2. The quantitative estimate of drug-likeness (QED) is 0.633. The molecule has 10 heavy (non-hydrogen) atoms. The van der Waals surface area contributed by atoms with Crippen LogP contribution >= 0.6 is 0 Å². The lowest BCUT2D eigenvalue weighted by atomic mass is 10.4. The number of hydrogen-bond acceptors (Lipinski definition) is 3. The summed E-state index contributed by atoms with van der Waals surface area (Å²) in [5, 5.41) is 0. The Balaban J connectivity index is 2.87. The molecule has 0 saturated heterocycles. The van der Waals surface area contributed by atoms with E-state index in [1.807, 2.05) is 0 Å². The van der Waals surface area contributed by atoms with Crippen LogP contribution in [0, 0.1) is 0 Å². The molecule has 0 radical (unpaired) electrons. The van der Waals surface area contributed by atoms with E-state index in [-0.39, 0.29) is 0 Å². The van der Waals surface area contributed by atoms with Gasteiger partial charge in [-0.1, -0.05) is 0 Å². The number of hydrogen-bond donors (Lipinski definition) is 1. The molecule has 0 unspecified atom stereocenters. The fourth-order valence-electron chi connectivity index (χ4n) is 0.582. The summed E-state index contributed by atoms with van der Waals surface area (Å²) in [6, 6.07) is 1.51. The van der Waals surface area contributed by atoms with Crippen molar-refractivity contribution in [3.05, 3.63) is 18.5 Å². The average Bonchev–Trinajstić information content (AvgIpc) is 2.05. The zero-order chi connectivity index (χ0) is 7.40. The van der Waals surface area contributed by atoms with Crippen LogP contribution in [0.4, 0.5) is 10.2 Å². The van der Waals surface area contributed by atoms with Crippen molar-refractivity contribution in [2.75, 3.05) is 12.6 Å². The molecule has 0 aromatic carbocycles. The molecule has 0 aliphatic carbocycles. The molecule has 0 aliphatic heterocycles. The van der Waals surface area contributed by atoms with Gasteiger partial charge in [0, 0.05) is 6.07 Å². The molecular formula is C6H7FN2O. The summed E-state index contributed by atoms with van der Waals surface area (Å²) >= 11 is 0. The Morgan fingerprint density at radius 2 is 2.40 bits per heavy atom. The summed E-state index contributed by atoms with van der Waals surface area (Å²) in [6.45, 7) is 0. The van der Waals surface area contributed by atoms with E-state index >= 15 is 0 Å². The summed E-state index contributed by atoms with van der Waals surface area (Å²) in [6.07, 6.45) is 2.86. The summed E-state index contributed by atoms with van der Waals surface area (Å²) in [5.41, 5.74) is 1.75. The third kappa shape index (κ3) is 1.34. The number of ether oxygens (including phenoxy) is 1. The molecule has 0 amide bonds. The van der Waals surface area contributed by atoms with Gasteiger partial charge in [0.15, 0.2) is 0 Å². The van der Waals surface area contributed by atoms with Gasteiger partial charge in [0.25, 0.3) is 0 Å². The Bertz CT molecular complexity index is 197. The first-order valence-corrected chi connectivity index (χ1v) is 2.72. The summed E-state index contributed by atoms with van der Waals surface area (Å²) in [7, 11) is 1.50. The fraction of sp³-hybridized carbons (Fsp3) is 0.167. The van der Waals surface area contributed by atoms with Crippen LogP contribution in [-0.2, 0) is 0 Å². The first-order chi connectivity index (χ1) is 4.86. The molecule has 0 saturated carbocycles. The Morgan fingerprint density at radius 1 is 1.60 bits per heavy atom. The number of halogens is 1. The summed E-state index contributed by atoms with van der Waals surface area (Å²) in [5.74, 6) is 0.530. The van der Waals surface area contributed by atoms with Gasteiger partial charge in [0.05, 0.1) is 25.2 Å². The lowest BCUT2D eigenvalue weighted by Crippen LogP contribution is -1.87. The first kappa shape index (κ1) is 6.80. The number of nitrogens with one attached hydrogen (secondary N) is 1. The predicted molar refractivity (Wildman–Crippen MR) is 35.5 cm³/mol. The Hall–Kier alpha value is -1.32. The number of anilines is 1. The van der Waals surface area contributed by atoms with Crippen molar-refractivity contribution in [3.63, 3.8) is 0 Å². The minimum atomic E-state index is 0.291. The van der Waals surface area contributed by atoms with Gasteiger partial charge in [-0.2, -0.15) is 0 Å². The highest BCUT2D eigenvalue weighted by Crippen LogP contribution is 2.13. The number of methoxy groups -OCH3 is 1. The van der Waals surface area contributed by atoms with Crippen molar-refractivity contribution in [1.82, 2.24) is 4.98 Å². The second kappa shape index (κ2) is 3.00. The van der Waals surface area contributed by atoms with Gasteiger partial charge >= 0.3 is 0 Å². The molecule has 1 N–H and O–H groups in total. The number of rotatable bonds is 2. The van der Waals surface area contributed by atoms with E-state index in [2.05, 4.69) is 4.98 Å². The van der Waals surface area contributed by atoms with Gasteiger partial charge in [-0.25, -0.2) is 5.54 Å². The van der Waals surface area contributed by atoms with E-state index in [0.29, 0.717) is 11.4 Å². The number of nitrogens with zero attached hydrogens (tertiary/aromatic N) is 1. The standard InChI is InChI=1S/C6H7FN2O/c1-10-6-2-5(9-7)3-8-4-6/h2-4,9H,1H3.